The summed E-state index contributed by atoms with van der Waals surface area (Å²) >= 11 is 0. The van der Waals surface area contributed by atoms with Crippen molar-refractivity contribution in [2.75, 3.05) is 0 Å². The third-order valence-corrected chi connectivity index (χ3v) is 29.3. The number of hydrogen-bond acceptors (Lipinski definition) is 0. The summed E-state index contributed by atoms with van der Waals surface area (Å²) < 4.78 is 7.51. The third-order valence-electron chi connectivity index (χ3n) is 29.3. The molecule has 0 fully saturated rings. The molecule has 3 heterocycles. The lowest BCUT2D eigenvalue weighted by Gasteiger charge is -2.16. The van der Waals surface area contributed by atoms with Crippen molar-refractivity contribution < 1.29 is 0 Å². The number of nitrogens with zero attached hydrogens (tertiary/aromatic N) is 3. The molecule has 3 nitrogen and oxygen atoms in total. The number of aromatic nitrogens is 3. The van der Waals surface area contributed by atoms with Crippen molar-refractivity contribution in [2.24, 2.45) is 0 Å². The van der Waals surface area contributed by atoms with Crippen LogP contribution >= 0.6 is 0 Å². The molecule has 3 heteroatoms. The zero-order valence-corrected chi connectivity index (χ0v) is 74.8. The first-order valence-electron chi connectivity index (χ1n) is 47.5. The van der Waals surface area contributed by atoms with Gasteiger partial charge in [0.05, 0.1) is 33.1 Å². The standard InChI is InChI=1S/C46H29N.2C44H27N/c1-3-13-30(14-4-1)33-24-23-31-25-26-35(28-34(31)27-33)47-43-22-12-11-21-40(43)45-44-38-19-9-7-17-36(38)41(32-15-5-2-6-16-32)29-42(44)37-18-8-10-20-39(37)46(45)47;1-2-12-28(13-3-1)39-27-40-35-17-7-9-19-37(35)44-43(42(40)36-18-8-6-16-34(36)39)38-20-10-11-21-41(38)45(44)31-24-25-33-30(26-31)23-22-29-14-4-5-15-32(29)33;1-2-12-28(13-3-1)39-27-40-34-17-7-9-19-36(34)44-43(42(40)35-18-8-6-16-33(35)39)37-20-10-11-21-41(37)45(44)31-25-24-30-23-22-29-14-4-5-15-32(29)38(30)26-31/h1-29H;2*1-27H. The maximum absolute atomic E-state index is 2.51. The molecule has 0 spiro atoms. The zero-order chi connectivity index (χ0) is 89.9. The molecule has 30 rings (SSSR count). The van der Waals surface area contributed by atoms with Gasteiger partial charge in [-0.1, -0.05) is 425 Å². The third kappa shape index (κ3) is 12.2. The van der Waals surface area contributed by atoms with Gasteiger partial charge in [0.2, 0.25) is 0 Å². The molecular weight excluding hydrogens is 1650 g/mol. The Morgan fingerprint density at radius 2 is 0.372 bits per heavy atom. The van der Waals surface area contributed by atoms with Crippen LogP contribution in [-0.4, -0.2) is 13.7 Å². The summed E-state index contributed by atoms with van der Waals surface area (Å²) in [5.74, 6) is 0. The average molecular weight is 1740 g/mol. The highest BCUT2D eigenvalue weighted by atomic mass is 15.0. The SMILES string of the molecule is c1ccc(-c2cc3c4ccccc4c4c(c5ccccc5n4-c4ccc5c(ccc6ccccc65)c4)c3c3ccccc23)cc1.c1ccc(-c2cc3c4ccccc4c4c(c5ccccc5n4-c4ccc5ccc6ccccc6c5c4)c3c3ccccc23)cc1.c1ccc(-c2ccc3ccc(-n4c5ccccc5c5c6c7ccccc7c(-c7ccccc7)cc6c6ccccc6c54)cc3c2)cc1. The molecule has 0 aliphatic rings. The monoisotopic (exact) mass is 1730 g/mol. The van der Waals surface area contributed by atoms with Gasteiger partial charge in [0.15, 0.2) is 0 Å². The molecule has 0 saturated carbocycles. The van der Waals surface area contributed by atoms with E-state index in [1.165, 1.54) is 278 Å². The lowest BCUT2D eigenvalue weighted by molar-refractivity contribution is 1.19. The van der Waals surface area contributed by atoms with E-state index in [0.717, 1.165) is 0 Å². The lowest BCUT2D eigenvalue weighted by Crippen LogP contribution is -1.95. The number of para-hydroxylation sites is 3. The van der Waals surface area contributed by atoms with Crippen molar-refractivity contribution in [3.63, 3.8) is 0 Å². The van der Waals surface area contributed by atoms with E-state index < -0.39 is 0 Å². The molecule has 634 valence electrons. The van der Waals surface area contributed by atoms with Crippen molar-refractivity contribution in [1.29, 1.82) is 0 Å². The van der Waals surface area contributed by atoms with Crippen LogP contribution < -0.4 is 0 Å². The first kappa shape index (κ1) is 77.7. The fourth-order valence-electron chi connectivity index (χ4n) is 23.4. The van der Waals surface area contributed by atoms with Crippen LogP contribution in [0.25, 0.3) is 278 Å². The highest BCUT2D eigenvalue weighted by Gasteiger charge is 2.28. The van der Waals surface area contributed by atoms with Crippen LogP contribution in [0.4, 0.5) is 0 Å². The molecule has 0 unspecified atom stereocenters. The average Bonchev–Trinajstić information content (AvgIpc) is 1.58. The summed E-state index contributed by atoms with van der Waals surface area (Å²) in [5, 5.41) is 43.6. The Kier molecular flexibility index (Phi) is 17.8. The van der Waals surface area contributed by atoms with Gasteiger partial charge in [-0.25, -0.2) is 0 Å². The quantitative estimate of drug-likeness (QED) is 0.141. The van der Waals surface area contributed by atoms with E-state index in [4.69, 9.17) is 0 Å². The Hall–Kier alpha value is -18.0. The van der Waals surface area contributed by atoms with Gasteiger partial charge in [-0.2, -0.15) is 0 Å². The summed E-state index contributed by atoms with van der Waals surface area (Å²) in [6.45, 7) is 0. The molecular formula is C134H83N3. The fraction of sp³-hybridized carbons (Fsp3) is 0. The van der Waals surface area contributed by atoms with E-state index in [-0.39, 0.29) is 0 Å². The molecule has 0 aliphatic heterocycles. The van der Waals surface area contributed by atoms with E-state index in [0.29, 0.717) is 0 Å². The summed E-state index contributed by atoms with van der Waals surface area (Å²) in [5.41, 5.74) is 21.0. The molecule has 0 radical (unpaired) electrons. The van der Waals surface area contributed by atoms with Crippen molar-refractivity contribution in [3.8, 4) is 61.6 Å². The first-order valence-corrected chi connectivity index (χ1v) is 47.5. The topological polar surface area (TPSA) is 14.8 Å². The predicted molar refractivity (Wildman–Crippen MR) is 589 cm³/mol. The van der Waals surface area contributed by atoms with Gasteiger partial charge in [-0.3, -0.25) is 0 Å². The molecule has 0 atom stereocenters. The number of fused-ring (bicyclic) bond motifs is 37. The van der Waals surface area contributed by atoms with Crippen molar-refractivity contribution >= 4 is 216 Å². The molecule has 0 bridgehead atoms. The molecule has 0 saturated heterocycles. The summed E-state index contributed by atoms with van der Waals surface area (Å²) in [7, 11) is 0. The van der Waals surface area contributed by atoms with Crippen LogP contribution in [-0.2, 0) is 0 Å². The highest BCUT2D eigenvalue weighted by Crippen LogP contribution is 2.53. The molecule has 137 heavy (non-hydrogen) atoms. The second-order valence-electron chi connectivity index (χ2n) is 36.6. The number of rotatable bonds is 7. The number of hydrogen-bond donors (Lipinski definition) is 0. The summed E-state index contributed by atoms with van der Waals surface area (Å²) in [6.07, 6.45) is 0. The van der Waals surface area contributed by atoms with Crippen LogP contribution in [0.2, 0.25) is 0 Å². The van der Waals surface area contributed by atoms with Crippen LogP contribution in [0.15, 0.2) is 504 Å². The molecule has 0 amide bonds. The maximum atomic E-state index is 2.51. The smallest absolute Gasteiger partial charge is 0.0626 e. The van der Waals surface area contributed by atoms with E-state index in [9.17, 15) is 0 Å². The van der Waals surface area contributed by atoms with Crippen molar-refractivity contribution in [2.45, 2.75) is 0 Å². The molecule has 0 aliphatic carbocycles. The van der Waals surface area contributed by atoms with Gasteiger partial charge in [-0.05, 0) is 242 Å². The lowest BCUT2D eigenvalue weighted by atomic mass is 9.88. The molecule has 3 aromatic heterocycles. The summed E-state index contributed by atoms with van der Waals surface area (Å²) in [4.78, 5) is 0. The van der Waals surface area contributed by atoms with Gasteiger partial charge >= 0.3 is 0 Å². The Morgan fingerprint density at radius 1 is 0.109 bits per heavy atom. The van der Waals surface area contributed by atoms with Gasteiger partial charge < -0.3 is 13.7 Å². The zero-order valence-electron chi connectivity index (χ0n) is 74.8. The van der Waals surface area contributed by atoms with Crippen LogP contribution in [0.3, 0.4) is 0 Å². The van der Waals surface area contributed by atoms with Gasteiger partial charge in [-0.15, -0.1) is 0 Å². The van der Waals surface area contributed by atoms with Gasteiger partial charge in [0.1, 0.15) is 0 Å². The van der Waals surface area contributed by atoms with E-state index in [1.54, 1.807) is 0 Å². The second-order valence-corrected chi connectivity index (χ2v) is 36.6. The van der Waals surface area contributed by atoms with Gasteiger partial charge in [0.25, 0.3) is 0 Å². The first-order chi connectivity index (χ1) is 68.0. The molecule has 27 aromatic carbocycles. The van der Waals surface area contributed by atoms with Crippen LogP contribution in [0.5, 0.6) is 0 Å². The van der Waals surface area contributed by atoms with Crippen LogP contribution in [0, 0.1) is 0 Å². The van der Waals surface area contributed by atoms with E-state index in [1.807, 2.05) is 0 Å². The Bertz CT molecular complexity index is 10300. The van der Waals surface area contributed by atoms with Crippen LogP contribution in [0.1, 0.15) is 0 Å². The fourth-order valence-corrected chi connectivity index (χ4v) is 23.4. The van der Waals surface area contributed by atoms with Gasteiger partial charge in [0, 0.05) is 81.7 Å². The number of benzene rings is 27. The second kappa shape index (κ2) is 31.3. The maximum Gasteiger partial charge on any atom is 0.0626 e. The normalized spacial score (nSPS) is 11.9. The van der Waals surface area contributed by atoms with E-state index >= 15 is 0 Å². The molecule has 0 N–H and O–H groups in total. The Labute approximate surface area is 789 Å². The summed E-state index contributed by atoms with van der Waals surface area (Å²) in [6, 6.07) is 185. The van der Waals surface area contributed by atoms with Crippen molar-refractivity contribution in [1.82, 2.24) is 13.7 Å². The minimum atomic E-state index is 1.17. The largest absolute Gasteiger partial charge is 0.309 e. The Balaban J connectivity index is 0.000000102. The highest BCUT2D eigenvalue weighted by molar-refractivity contribution is 6.42. The minimum Gasteiger partial charge on any atom is -0.309 e. The van der Waals surface area contributed by atoms with Crippen molar-refractivity contribution in [3.05, 3.63) is 504 Å². The Morgan fingerprint density at radius 3 is 0.774 bits per heavy atom. The molecule has 30 aromatic rings. The predicted octanol–water partition coefficient (Wildman–Crippen LogP) is 37.2. The van der Waals surface area contributed by atoms with E-state index in [2.05, 4.69) is 517 Å². The minimum absolute atomic E-state index is 1.17.